The van der Waals surface area contributed by atoms with Crippen LogP contribution < -0.4 is 4.90 Å². The first-order chi connectivity index (χ1) is 8.58. The third-order valence-corrected chi connectivity index (χ3v) is 3.45. The number of hydrogen-bond donors (Lipinski definition) is 0. The van der Waals surface area contributed by atoms with Crippen LogP contribution >= 0.6 is 34.8 Å². The average molecular weight is 311 g/mol. The molecule has 1 unspecified atom stereocenters. The van der Waals surface area contributed by atoms with Gasteiger partial charge in [0.15, 0.2) is 0 Å². The summed E-state index contributed by atoms with van der Waals surface area (Å²) in [6.45, 7) is 4.71. The third-order valence-electron chi connectivity index (χ3n) is 2.67. The van der Waals surface area contributed by atoms with Gasteiger partial charge in [0.1, 0.15) is 10.3 Å². The largest absolute Gasteiger partial charge is 0.378 e. The van der Waals surface area contributed by atoms with Gasteiger partial charge in [-0.25, -0.2) is 9.97 Å². The number of morpholine rings is 1. The number of rotatable bonds is 3. The van der Waals surface area contributed by atoms with E-state index in [1.807, 2.05) is 11.8 Å². The van der Waals surface area contributed by atoms with Crippen molar-refractivity contribution in [3.63, 3.8) is 0 Å². The van der Waals surface area contributed by atoms with Crippen LogP contribution in [0.15, 0.2) is 0 Å². The predicted octanol–water partition coefficient (Wildman–Crippen LogP) is 2.79. The summed E-state index contributed by atoms with van der Waals surface area (Å²) in [6, 6.07) is 0. The highest BCUT2D eigenvalue weighted by atomic mass is 35.5. The molecule has 100 valence electrons. The van der Waals surface area contributed by atoms with E-state index in [-0.39, 0.29) is 5.38 Å². The molecule has 1 aliphatic rings. The van der Waals surface area contributed by atoms with Gasteiger partial charge in [0.2, 0.25) is 5.95 Å². The highest BCUT2D eigenvalue weighted by molar-refractivity contribution is 6.34. The van der Waals surface area contributed by atoms with Crippen molar-refractivity contribution in [1.29, 1.82) is 0 Å². The molecule has 1 aromatic heterocycles. The van der Waals surface area contributed by atoms with Gasteiger partial charge in [-0.15, -0.1) is 11.6 Å². The van der Waals surface area contributed by atoms with Crippen molar-refractivity contribution in [1.82, 2.24) is 9.97 Å². The minimum atomic E-state index is -0.0576. The van der Waals surface area contributed by atoms with Gasteiger partial charge in [-0.1, -0.05) is 23.2 Å². The fourth-order valence-electron chi connectivity index (χ4n) is 1.78. The van der Waals surface area contributed by atoms with Crippen LogP contribution in [-0.2, 0) is 11.2 Å². The molecule has 2 rings (SSSR count). The van der Waals surface area contributed by atoms with Crippen molar-refractivity contribution >= 4 is 40.8 Å². The quantitative estimate of drug-likeness (QED) is 0.635. The zero-order valence-corrected chi connectivity index (χ0v) is 12.3. The third kappa shape index (κ3) is 3.38. The molecular formula is C11H14Cl3N3O. The predicted molar refractivity (Wildman–Crippen MR) is 74.1 cm³/mol. The lowest BCUT2D eigenvalue weighted by Gasteiger charge is -2.27. The Balaban J connectivity index is 2.23. The maximum Gasteiger partial charge on any atom is 0.228 e. The normalized spacial score (nSPS) is 17.9. The van der Waals surface area contributed by atoms with Gasteiger partial charge in [-0.2, -0.15) is 0 Å². The fourth-order valence-corrected chi connectivity index (χ4v) is 2.46. The van der Waals surface area contributed by atoms with Crippen LogP contribution in [0.5, 0.6) is 0 Å². The lowest BCUT2D eigenvalue weighted by Crippen LogP contribution is -2.37. The van der Waals surface area contributed by atoms with Gasteiger partial charge in [-0.05, 0) is 13.3 Å². The van der Waals surface area contributed by atoms with E-state index in [2.05, 4.69) is 9.97 Å². The molecule has 1 fully saturated rings. The van der Waals surface area contributed by atoms with Crippen LogP contribution in [0.1, 0.15) is 12.5 Å². The molecule has 0 amide bonds. The Kier molecular flexibility index (Phi) is 4.90. The second-order valence-electron chi connectivity index (χ2n) is 4.17. The Hall–Kier alpha value is -0.290. The second-order valence-corrected chi connectivity index (χ2v) is 5.63. The molecule has 0 radical (unpaired) electrons. The molecule has 1 atom stereocenters. The number of anilines is 1. The summed E-state index contributed by atoms with van der Waals surface area (Å²) < 4.78 is 5.28. The maximum absolute atomic E-state index is 6.15. The molecular weight excluding hydrogens is 296 g/mol. The highest BCUT2D eigenvalue weighted by Crippen LogP contribution is 2.26. The van der Waals surface area contributed by atoms with E-state index >= 15 is 0 Å². The number of alkyl halides is 1. The molecule has 4 nitrogen and oxygen atoms in total. The lowest BCUT2D eigenvalue weighted by molar-refractivity contribution is 0.122. The number of hydrogen-bond acceptors (Lipinski definition) is 4. The molecule has 1 aromatic rings. The van der Waals surface area contributed by atoms with Gasteiger partial charge in [-0.3, -0.25) is 0 Å². The van der Waals surface area contributed by atoms with Crippen LogP contribution in [0.25, 0.3) is 0 Å². The van der Waals surface area contributed by atoms with Crippen molar-refractivity contribution in [2.45, 2.75) is 18.7 Å². The molecule has 0 aromatic carbocycles. The van der Waals surface area contributed by atoms with E-state index in [1.165, 1.54) is 0 Å². The zero-order chi connectivity index (χ0) is 13.1. The summed E-state index contributed by atoms with van der Waals surface area (Å²) in [6.07, 6.45) is 0.558. The standard InChI is InChI=1S/C11H14Cl3N3O/c1-7(12)6-8-9(13)15-11(16-10(8)14)17-2-4-18-5-3-17/h7H,2-6H2,1H3. The van der Waals surface area contributed by atoms with Crippen LogP contribution in [0.3, 0.4) is 0 Å². The minimum Gasteiger partial charge on any atom is -0.378 e. The van der Waals surface area contributed by atoms with E-state index in [1.54, 1.807) is 0 Å². The first-order valence-electron chi connectivity index (χ1n) is 5.76. The molecule has 0 saturated carbocycles. The van der Waals surface area contributed by atoms with Gasteiger partial charge < -0.3 is 9.64 Å². The topological polar surface area (TPSA) is 38.2 Å². The molecule has 0 bridgehead atoms. The average Bonchev–Trinajstić information content (AvgIpc) is 2.34. The molecule has 1 aliphatic heterocycles. The summed E-state index contributed by atoms with van der Waals surface area (Å²) >= 11 is 18.2. The monoisotopic (exact) mass is 309 g/mol. The maximum atomic E-state index is 6.15. The van der Waals surface area contributed by atoms with Crippen LogP contribution in [0, 0.1) is 0 Å². The summed E-state index contributed by atoms with van der Waals surface area (Å²) in [5, 5.41) is 0.700. The van der Waals surface area contributed by atoms with Crippen molar-refractivity contribution in [3.8, 4) is 0 Å². The first-order valence-corrected chi connectivity index (χ1v) is 6.96. The van der Waals surface area contributed by atoms with E-state index in [4.69, 9.17) is 39.5 Å². The summed E-state index contributed by atoms with van der Waals surface area (Å²) in [5.41, 5.74) is 0.706. The number of halogens is 3. The van der Waals surface area contributed by atoms with Gasteiger partial charge in [0, 0.05) is 24.0 Å². The molecule has 18 heavy (non-hydrogen) atoms. The lowest BCUT2D eigenvalue weighted by atomic mass is 10.2. The van der Waals surface area contributed by atoms with Crippen molar-refractivity contribution in [3.05, 3.63) is 15.9 Å². The number of nitrogens with zero attached hydrogens (tertiary/aromatic N) is 3. The fraction of sp³-hybridized carbons (Fsp3) is 0.636. The number of aromatic nitrogens is 2. The molecule has 0 N–H and O–H groups in total. The second kappa shape index (κ2) is 6.24. The van der Waals surface area contributed by atoms with E-state index in [0.717, 1.165) is 13.1 Å². The summed E-state index contributed by atoms with van der Waals surface area (Å²) in [4.78, 5) is 10.6. The first kappa shape index (κ1) is 14.1. The van der Waals surface area contributed by atoms with Crippen molar-refractivity contribution in [2.24, 2.45) is 0 Å². The molecule has 7 heteroatoms. The molecule has 2 heterocycles. The van der Waals surface area contributed by atoms with Gasteiger partial charge in [0.25, 0.3) is 0 Å². The summed E-state index contributed by atoms with van der Waals surface area (Å²) in [5.74, 6) is 0.555. The van der Waals surface area contributed by atoms with Gasteiger partial charge >= 0.3 is 0 Å². The molecule has 1 saturated heterocycles. The smallest absolute Gasteiger partial charge is 0.228 e. The number of ether oxygens (including phenoxy) is 1. The Morgan fingerprint density at radius 3 is 2.28 bits per heavy atom. The Labute approximate surface area is 121 Å². The Bertz CT molecular complexity index is 399. The Morgan fingerprint density at radius 2 is 1.78 bits per heavy atom. The van der Waals surface area contributed by atoms with Crippen molar-refractivity contribution < 1.29 is 4.74 Å². The zero-order valence-electron chi connectivity index (χ0n) is 10.00. The summed E-state index contributed by atoms with van der Waals surface area (Å²) in [7, 11) is 0. The van der Waals surface area contributed by atoms with E-state index < -0.39 is 0 Å². The van der Waals surface area contributed by atoms with Crippen LogP contribution in [-0.4, -0.2) is 41.6 Å². The van der Waals surface area contributed by atoms with Gasteiger partial charge in [0.05, 0.1) is 13.2 Å². The Morgan fingerprint density at radius 1 is 1.22 bits per heavy atom. The van der Waals surface area contributed by atoms with Crippen LogP contribution in [0.4, 0.5) is 5.95 Å². The van der Waals surface area contributed by atoms with Crippen LogP contribution in [0.2, 0.25) is 10.3 Å². The van der Waals surface area contributed by atoms with E-state index in [9.17, 15) is 0 Å². The molecule has 0 spiro atoms. The SMILES string of the molecule is CC(Cl)Cc1c(Cl)nc(N2CCOCC2)nc1Cl. The highest BCUT2D eigenvalue weighted by Gasteiger charge is 2.18. The van der Waals surface area contributed by atoms with Crippen molar-refractivity contribution in [2.75, 3.05) is 31.2 Å². The van der Waals surface area contributed by atoms with E-state index in [0.29, 0.717) is 41.5 Å². The molecule has 0 aliphatic carbocycles. The minimum absolute atomic E-state index is 0.0576.